The Morgan fingerprint density at radius 2 is 1.30 bits per heavy atom. The minimum Gasteiger partial charge on any atom is -0.457 e. The molecule has 0 amide bonds. The molecular formula is C42H33BNO3. The second kappa shape index (κ2) is 9.95. The van der Waals surface area contributed by atoms with E-state index in [2.05, 4.69) is 114 Å². The maximum atomic E-state index is 10.6. The fourth-order valence-electron chi connectivity index (χ4n) is 7.03. The lowest BCUT2D eigenvalue weighted by Gasteiger charge is -2.37. The fourth-order valence-corrected chi connectivity index (χ4v) is 7.03. The Hall–Kier alpha value is -5.10. The van der Waals surface area contributed by atoms with Crippen molar-refractivity contribution in [2.24, 2.45) is 0 Å². The average Bonchev–Trinajstić information content (AvgIpc) is 3.61. The summed E-state index contributed by atoms with van der Waals surface area (Å²) in [5.41, 5.74) is 4.10. The number of para-hydroxylation sites is 1. The molecule has 0 aliphatic heterocycles. The van der Waals surface area contributed by atoms with Gasteiger partial charge in [0.05, 0.1) is 27.9 Å². The van der Waals surface area contributed by atoms with Crippen molar-refractivity contribution in [3.8, 4) is 5.69 Å². The van der Waals surface area contributed by atoms with Gasteiger partial charge in [-0.15, -0.1) is 0 Å². The number of rotatable bonds is 5. The minimum atomic E-state index is -1.02. The molecule has 0 fully saturated rings. The summed E-state index contributed by atoms with van der Waals surface area (Å²) in [6.45, 7) is 7.29. The van der Waals surface area contributed by atoms with Crippen LogP contribution in [0.15, 0.2) is 126 Å². The van der Waals surface area contributed by atoms with E-state index >= 15 is 0 Å². The summed E-state index contributed by atoms with van der Waals surface area (Å²) in [5.74, 6) is 0. The molecule has 0 aliphatic carbocycles. The largest absolute Gasteiger partial charge is 0.457 e. The van der Waals surface area contributed by atoms with Crippen LogP contribution in [-0.2, 0) is 4.65 Å². The van der Waals surface area contributed by atoms with Crippen LogP contribution in [0.2, 0.25) is 0 Å². The molecule has 0 aliphatic rings. The Balaban J connectivity index is 1.31. The highest BCUT2D eigenvalue weighted by atomic mass is 16.5. The van der Waals surface area contributed by atoms with Crippen LogP contribution in [0.1, 0.15) is 27.7 Å². The van der Waals surface area contributed by atoms with Gasteiger partial charge >= 0.3 is 7.48 Å². The van der Waals surface area contributed by atoms with Gasteiger partial charge in [0, 0.05) is 26.9 Å². The van der Waals surface area contributed by atoms with Gasteiger partial charge in [0.2, 0.25) is 0 Å². The molecule has 2 aromatic heterocycles. The second-order valence-electron chi connectivity index (χ2n) is 13.7. The van der Waals surface area contributed by atoms with Crippen molar-refractivity contribution in [2.45, 2.75) is 38.9 Å². The van der Waals surface area contributed by atoms with Gasteiger partial charge in [0.15, 0.2) is 0 Å². The van der Waals surface area contributed by atoms with E-state index < -0.39 is 11.2 Å². The van der Waals surface area contributed by atoms with Gasteiger partial charge in [-0.2, -0.15) is 0 Å². The quantitative estimate of drug-likeness (QED) is 0.197. The van der Waals surface area contributed by atoms with Gasteiger partial charge in [-0.1, -0.05) is 84.9 Å². The van der Waals surface area contributed by atoms with E-state index in [0.29, 0.717) is 0 Å². The van der Waals surface area contributed by atoms with E-state index in [1.54, 1.807) is 21.3 Å². The number of aliphatic hydroxyl groups is 1. The van der Waals surface area contributed by atoms with Crippen molar-refractivity contribution in [1.82, 2.24) is 4.57 Å². The normalized spacial score (nSPS) is 12.9. The Bertz CT molecular complexity index is 2710. The van der Waals surface area contributed by atoms with Crippen LogP contribution in [0.5, 0.6) is 0 Å². The van der Waals surface area contributed by atoms with Gasteiger partial charge in [-0.3, -0.25) is 0 Å². The molecule has 1 N–H and O–H groups in total. The zero-order valence-corrected chi connectivity index (χ0v) is 26.8. The third-order valence-electron chi connectivity index (χ3n) is 10.2. The molecule has 0 saturated carbocycles. The van der Waals surface area contributed by atoms with Crippen molar-refractivity contribution in [2.75, 3.05) is 0 Å². The van der Waals surface area contributed by atoms with E-state index in [1.165, 1.54) is 43.4 Å². The van der Waals surface area contributed by atoms with Crippen LogP contribution in [0.25, 0.3) is 81.7 Å². The summed E-state index contributed by atoms with van der Waals surface area (Å²) in [5, 5.41) is 22.5. The summed E-state index contributed by atoms with van der Waals surface area (Å²) >= 11 is 0. The van der Waals surface area contributed by atoms with Crippen LogP contribution in [0, 0.1) is 0 Å². The lowest BCUT2D eigenvalue weighted by Crippen LogP contribution is -2.49. The van der Waals surface area contributed by atoms with E-state index in [-0.39, 0.29) is 0 Å². The predicted octanol–water partition coefficient (Wildman–Crippen LogP) is 9.95. The molecule has 0 spiro atoms. The smallest absolute Gasteiger partial charge is 0.334 e. The molecular weight excluding hydrogens is 577 g/mol. The number of fused-ring (bicyclic) bond motifs is 11. The first-order valence-electron chi connectivity index (χ1n) is 16.1. The highest BCUT2D eigenvalue weighted by molar-refractivity contribution is 6.51. The molecule has 5 heteroatoms. The molecule has 7 aromatic carbocycles. The summed E-state index contributed by atoms with van der Waals surface area (Å²) in [6.07, 6.45) is 0. The Morgan fingerprint density at radius 3 is 2.11 bits per heavy atom. The number of hydrogen-bond donors (Lipinski definition) is 1. The number of benzene rings is 7. The molecule has 9 aromatic rings. The van der Waals surface area contributed by atoms with E-state index in [0.717, 1.165) is 43.9 Å². The first-order chi connectivity index (χ1) is 22.7. The van der Waals surface area contributed by atoms with Crippen LogP contribution < -0.4 is 5.46 Å². The van der Waals surface area contributed by atoms with Crippen molar-refractivity contribution >= 4 is 89.0 Å². The molecule has 0 atom stereocenters. The maximum absolute atomic E-state index is 10.6. The zero-order chi connectivity index (χ0) is 32.1. The number of aromatic nitrogens is 1. The van der Waals surface area contributed by atoms with Gasteiger partial charge in [0.25, 0.3) is 0 Å². The number of hydrogen-bond acceptors (Lipinski definition) is 3. The van der Waals surface area contributed by atoms with Crippen molar-refractivity contribution in [3.05, 3.63) is 121 Å². The van der Waals surface area contributed by atoms with Gasteiger partial charge in [-0.25, -0.2) is 0 Å². The van der Waals surface area contributed by atoms with Crippen molar-refractivity contribution < 1.29 is 14.2 Å². The molecule has 0 unspecified atom stereocenters. The predicted molar refractivity (Wildman–Crippen MR) is 197 cm³/mol. The van der Waals surface area contributed by atoms with E-state index in [1.807, 2.05) is 26.0 Å². The molecule has 4 nitrogen and oxygen atoms in total. The topological polar surface area (TPSA) is 47.5 Å². The summed E-state index contributed by atoms with van der Waals surface area (Å²) in [4.78, 5) is 0. The van der Waals surface area contributed by atoms with Crippen LogP contribution in [0.3, 0.4) is 0 Å². The lowest BCUT2D eigenvalue weighted by atomic mass is 9.82. The van der Waals surface area contributed by atoms with E-state index in [4.69, 9.17) is 9.07 Å². The van der Waals surface area contributed by atoms with Gasteiger partial charge in [0.1, 0.15) is 11.2 Å². The van der Waals surface area contributed by atoms with Crippen LogP contribution in [0.4, 0.5) is 0 Å². The summed E-state index contributed by atoms with van der Waals surface area (Å²) in [6, 6.07) is 43.5. The van der Waals surface area contributed by atoms with E-state index in [9.17, 15) is 5.11 Å². The Labute approximate surface area is 273 Å². The van der Waals surface area contributed by atoms with Crippen molar-refractivity contribution in [3.63, 3.8) is 0 Å². The second-order valence-corrected chi connectivity index (χ2v) is 13.7. The lowest BCUT2D eigenvalue weighted by molar-refractivity contribution is -0.0893. The standard InChI is InChI=1S/C42H33BNO3/c1-41(2,45)42(3,4)47-43-33-17-9-16-31-39-30-15-10-18-34(29(30)20-22-37(39)46-40(31)33)44-35-21-19-25-11-7-8-14-28(25)38(35)32-23-26-12-5-6-13-27(26)24-36(32)44/h5-24,45H,1-4H3. The molecule has 227 valence electrons. The highest BCUT2D eigenvalue weighted by Crippen LogP contribution is 2.42. The zero-order valence-electron chi connectivity index (χ0n) is 26.8. The average molecular weight is 611 g/mol. The Kier molecular flexibility index (Phi) is 5.96. The minimum absolute atomic E-state index is 0.766. The SMILES string of the molecule is CC(C)(O)C(C)(C)O[B]c1cccc2c1oc1ccc3c(-n4c5cc6ccccc6cc5c5c6ccccc6ccc54)cccc3c12. The van der Waals surface area contributed by atoms with Crippen LogP contribution >= 0.6 is 0 Å². The molecule has 2 heterocycles. The molecule has 47 heavy (non-hydrogen) atoms. The van der Waals surface area contributed by atoms with Crippen molar-refractivity contribution in [1.29, 1.82) is 0 Å². The molecule has 0 saturated heterocycles. The Morgan fingerprint density at radius 1 is 0.596 bits per heavy atom. The summed E-state index contributed by atoms with van der Waals surface area (Å²) < 4.78 is 15.1. The fraction of sp³-hybridized carbons (Fsp3) is 0.143. The number of nitrogens with zero attached hydrogens (tertiary/aromatic N) is 1. The highest BCUT2D eigenvalue weighted by Gasteiger charge is 2.36. The first-order valence-corrected chi connectivity index (χ1v) is 16.1. The van der Waals surface area contributed by atoms with Gasteiger partial charge < -0.3 is 18.7 Å². The third-order valence-corrected chi connectivity index (χ3v) is 10.2. The monoisotopic (exact) mass is 610 g/mol. The molecule has 0 bridgehead atoms. The van der Waals surface area contributed by atoms with Crippen LogP contribution in [-0.4, -0.2) is 28.4 Å². The maximum Gasteiger partial charge on any atom is 0.334 e. The first kappa shape index (κ1) is 28.2. The number of furan rings is 1. The third kappa shape index (κ3) is 4.17. The van der Waals surface area contributed by atoms with Gasteiger partial charge in [-0.05, 0) is 96.5 Å². The molecule has 9 rings (SSSR count). The summed E-state index contributed by atoms with van der Waals surface area (Å²) in [7, 11) is 1.71. The molecule has 1 radical (unpaired) electrons.